The van der Waals surface area contributed by atoms with Gasteiger partial charge in [0, 0.05) is 38.0 Å². The second kappa shape index (κ2) is 6.89. The van der Waals surface area contributed by atoms with Gasteiger partial charge in [-0.25, -0.2) is 8.42 Å². The Kier molecular flexibility index (Phi) is 4.56. The lowest BCUT2D eigenvalue weighted by Gasteiger charge is -2.41. The van der Waals surface area contributed by atoms with E-state index >= 15 is 0 Å². The number of benzene rings is 1. The molecule has 7 nitrogen and oxygen atoms in total. The fourth-order valence-corrected chi connectivity index (χ4v) is 6.44. The van der Waals surface area contributed by atoms with Crippen molar-refractivity contribution in [3.63, 3.8) is 0 Å². The number of likely N-dealkylation sites (N-methyl/N-ethyl adjacent to an activating group) is 1. The van der Waals surface area contributed by atoms with E-state index in [0.29, 0.717) is 23.9 Å². The minimum absolute atomic E-state index is 0.0126. The first-order chi connectivity index (χ1) is 13.9. The fraction of sp³-hybridized carbons (Fsp3) is 0.619. The van der Waals surface area contributed by atoms with E-state index in [4.69, 9.17) is 9.51 Å². The van der Waals surface area contributed by atoms with Crippen LogP contribution in [0.5, 0.6) is 0 Å². The van der Waals surface area contributed by atoms with Gasteiger partial charge in [-0.3, -0.25) is 0 Å². The molecule has 8 heteroatoms. The molecule has 2 aromatic rings. The van der Waals surface area contributed by atoms with Crippen LogP contribution in [0.3, 0.4) is 0 Å². The lowest BCUT2D eigenvalue weighted by molar-refractivity contribution is 0.141. The molecule has 2 saturated heterocycles. The summed E-state index contributed by atoms with van der Waals surface area (Å²) >= 11 is 0. The molecule has 3 aliphatic rings. The van der Waals surface area contributed by atoms with Crippen molar-refractivity contribution in [1.82, 2.24) is 19.3 Å². The highest BCUT2D eigenvalue weighted by Crippen LogP contribution is 2.50. The van der Waals surface area contributed by atoms with E-state index in [1.165, 1.54) is 0 Å². The topological polar surface area (TPSA) is 79.5 Å². The molecule has 1 saturated carbocycles. The summed E-state index contributed by atoms with van der Waals surface area (Å²) in [6, 6.07) is 7.13. The van der Waals surface area contributed by atoms with Gasteiger partial charge in [-0.1, -0.05) is 22.9 Å². The summed E-state index contributed by atoms with van der Waals surface area (Å²) in [5, 5.41) is 4.32. The van der Waals surface area contributed by atoms with Crippen LogP contribution in [0, 0.1) is 12.3 Å². The maximum atomic E-state index is 13.1. The quantitative estimate of drug-likeness (QED) is 0.763. The SMILES string of the molecule is Cc1ccc(S(=O)(=O)N2CCC3(CC2)CN(C)CC3c2noc(C3CC3)n2)cc1. The van der Waals surface area contributed by atoms with Gasteiger partial charge in [0.05, 0.1) is 4.90 Å². The van der Waals surface area contributed by atoms with E-state index in [9.17, 15) is 8.42 Å². The van der Waals surface area contributed by atoms with Crippen LogP contribution in [-0.2, 0) is 10.0 Å². The normalized spacial score (nSPS) is 25.7. The van der Waals surface area contributed by atoms with E-state index in [-0.39, 0.29) is 11.3 Å². The molecular formula is C21H28N4O3S. The molecule has 1 aliphatic carbocycles. The van der Waals surface area contributed by atoms with Crippen LogP contribution in [-0.4, -0.2) is 61.0 Å². The number of hydrogen-bond acceptors (Lipinski definition) is 6. The number of sulfonamides is 1. The number of likely N-dealkylation sites (tertiary alicyclic amines) is 1. The van der Waals surface area contributed by atoms with Gasteiger partial charge in [-0.15, -0.1) is 0 Å². The molecule has 1 atom stereocenters. The van der Waals surface area contributed by atoms with Crippen molar-refractivity contribution in [2.45, 2.75) is 49.3 Å². The van der Waals surface area contributed by atoms with E-state index in [1.54, 1.807) is 16.4 Å². The third-order valence-electron chi connectivity index (χ3n) is 6.89. The molecule has 156 valence electrons. The van der Waals surface area contributed by atoms with Gasteiger partial charge >= 0.3 is 0 Å². The van der Waals surface area contributed by atoms with Gasteiger partial charge < -0.3 is 9.42 Å². The Labute approximate surface area is 172 Å². The monoisotopic (exact) mass is 416 g/mol. The van der Waals surface area contributed by atoms with Gasteiger partial charge in [-0.2, -0.15) is 9.29 Å². The van der Waals surface area contributed by atoms with Crippen LogP contribution in [0.2, 0.25) is 0 Å². The molecule has 0 radical (unpaired) electrons. The van der Waals surface area contributed by atoms with Crippen molar-refractivity contribution in [2.24, 2.45) is 5.41 Å². The molecule has 3 heterocycles. The average Bonchev–Trinajstić information content (AvgIpc) is 3.35. The highest BCUT2D eigenvalue weighted by molar-refractivity contribution is 7.89. The molecule has 3 fully saturated rings. The van der Waals surface area contributed by atoms with Gasteiger partial charge in [-0.05, 0) is 57.2 Å². The van der Waals surface area contributed by atoms with Crippen molar-refractivity contribution in [3.05, 3.63) is 41.5 Å². The first kappa shape index (κ1) is 19.2. The smallest absolute Gasteiger partial charge is 0.243 e. The molecule has 0 amide bonds. The Morgan fingerprint density at radius 1 is 1.14 bits per heavy atom. The zero-order valence-electron chi connectivity index (χ0n) is 17.0. The molecule has 1 aromatic heterocycles. The van der Waals surface area contributed by atoms with Crippen molar-refractivity contribution in [1.29, 1.82) is 0 Å². The van der Waals surface area contributed by atoms with Crippen molar-refractivity contribution in [3.8, 4) is 0 Å². The summed E-state index contributed by atoms with van der Waals surface area (Å²) < 4.78 is 33.3. The average molecular weight is 417 g/mol. The molecule has 0 bridgehead atoms. The first-order valence-electron chi connectivity index (χ1n) is 10.5. The first-order valence-corrected chi connectivity index (χ1v) is 11.9. The zero-order chi connectivity index (χ0) is 20.2. The van der Waals surface area contributed by atoms with E-state index in [1.807, 2.05) is 19.1 Å². The van der Waals surface area contributed by atoms with Crippen LogP contribution in [0.4, 0.5) is 0 Å². The van der Waals surface area contributed by atoms with E-state index in [0.717, 1.165) is 56.1 Å². The van der Waals surface area contributed by atoms with Crippen molar-refractivity contribution >= 4 is 10.0 Å². The standard InChI is InChI=1S/C21H28N4O3S/c1-15-3-7-17(8-4-15)29(26,27)25-11-9-21(10-12-25)14-24(2)13-18(21)19-22-20(28-23-19)16-5-6-16/h3-4,7-8,16,18H,5-6,9-14H2,1-2H3. The molecule has 2 aliphatic heterocycles. The van der Waals surface area contributed by atoms with Crippen LogP contribution in [0.1, 0.15) is 54.8 Å². The third-order valence-corrected chi connectivity index (χ3v) is 8.80. The maximum Gasteiger partial charge on any atom is 0.243 e. The summed E-state index contributed by atoms with van der Waals surface area (Å²) in [5.41, 5.74) is 1.07. The van der Waals surface area contributed by atoms with Crippen molar-refractivity contribution in [2.75, 3.05) is 33.2 Å². The molecule has 1 unspecified atom stereocenters. The van der Waals surface area contributed by atoms with Crippen LogP contribution in [0.15, 0.2) is 33.7 Å². The number of rotatable bonds is 4. The number of hydrogen-bond donors (Lipinski definition) is 0. The summed E-state index contributed by atoms with van der Waals surface area (Å²) in [7, 11) is -1.33. The van der Waals surface area contributed by atoms with Gasteiger partial charge in [0.1, 0.15) is 0 Å². The summed E-state index contributed by atoms with van der Waals surface area (Å²) in [5.74, 6) is 2.25. The number of aryl methyl sites for hydroxylation is 1. The second-order valence-corrected chi connectivity index (χ2v) is 11.0. The molecule has 5 rings (SSSR count). The highest BCUT2D eigenvalue weighted by Gasteiger charge is 2.51. The predicted octanol–water partition coefficient (Wildman–Crippen LogP) is 2.76. The van der Waals surface area contributed by atoms with Crippen molar-refractivity contribution < 1.29 is 12.9 Å². The lowest BCUT2D eigenvalue weighted by Crippen LogP contribution is -2.46. The summed E-state index contributed by atoms with van der Waals surface area (Å²) in [4.78, 5) is 7.43. The Morgan fingerprint density at radius 2 is 1.83 bits per heavy atom. The Morgan fingerprint density at radius 3 is 2.48 bits per heavy atom. The Hall–Kier alpha value is -1.77. The van der Waals surface area contributed by atoms with Crippen LogP contribution >= 0.6 is 0 Å². The molecule has 0 N–H and O–H groups in total. The number of nitrogens with zero attached hydrogens (tertiary/aromatic N) is 4. The Balaban J connectivity index is 1.35. The molecule has 29 heavy (non-hydrogen) atoms. The minimum atomic E-state index is -3.45. The number of piperidine rings is 1. The van der Waals surface area contributed by atoms with Gasteiger partial charge in [0.2, 0.25) is 15.9 Å². The molecule has 1 spiro atoms. The minimum Gasteiger partial charge on any atom is -0.339 e. The Bertz CT molecular complexity index is 989. The largest absolute Gasteiger partial charge is 0.339 e. The number of aromatic nitrogens is 2. The summed E-state index contributed by atoms with van der Waals surface area (Å²) in [6.07, 6.45) is 3.92. The predicted molar refractivity (Wildman–Crippen MR) is 108 cm³/mol. The third kappa shape index (κ3) is 3.41. The fourth-order valence-electron chi connectivity index (χ4n) is 5.00. The summed E-state index contributed by atoms with van der Waals surface area (Å²) in [6.45, 7) is 4.88. The maximum absolute atomic E-state index is 13.1. The van der Waals surface area contributed by atoms with Gasteiger partial charge in [0.25, 0.3) is 0 Å². The van der Waals surface area contributed by atoms with E-state index in [2.05, 4.69) is 17.1 Å². The van der Waals surface area contributed by atoms with E-state index < -0.39 is 10.0 Å². The van der Waals surface area contributed by atoms with Gasteiger partial charge in [0.15, 0.2) is 5.82 Å². The molecular weight excluding hydrogens is 388 g/mol. The van der Waals surface area contributed by atoms with Crippen LogP contribution in [0.25, 0.3) is 0 Å². The zero-order valence-corrected chi connectivity index (χ0v) is 17.9. The second-order valence-electron chi connectivity index (χ2n) is 9.09. The lowest BCUT2D eigenvalue weighted by atomic mass is 9.71. The van der Waals surface area contributed by atoms with Crippen LogP contribution < -0.4 is 0 Å². The molecule has 1 aromatic carbocycles. The highest BCUT2D eigenvalue weighted by atomic mass is 32.2.